The third kappa shape index (κ3) is 4.85. The van der Waals surface area contributed by atoms with Crippen LogP contribution in [0.15, 0.2) is 78.9 Å². The average molecular weight is 292 g/mol. The second kappa shape index (κ2) is 7.76. The quantitative estimate of drug-likeness (QED) is 0.544. The Morgan fingerprint density at radius 3 is 1.81 bits per heavy atom. The van der Waals surface area contributed by atoms with E-state index in [1.807, 2.05) is 18.2 Å². The molecule has 21 heavy (non-hydrogen) atoms. The van der Waals surface area contributed by atoms with Crippen LogP contribution in [0.1, 0.15) is 11.1 Å². The first-order valence-electron chi connectivity index (χ1n) is 7.10. The molecule has 1 atom stereocenters. The number of rotatable bonds is 1. The number of benzene rings is 3. The van der Waals surface area contributed by atoms with Crippen molar-refractivity contribution in [1.29, 1.82) is 0 Å². The minimum Gasteiger partial charge on any atom is -0.105 e. The zero-order valence-electron chi connectivity index (χ0n) is 12.6. The van der Waals surface area contributed by atoms with Gasteiger partial charge in [0, 0.05) is 0 Å². The lowest BCUT2D eigenvalue weighted by atomic mass is 10.0. The van der Waals surface area contributed by atoms with Crippen molar-refractivity contribution in [2.24, 2.45) is 0 Å². The largest absolute Gasteiger partial charge is 0.105 e. The molecular formula is C20H21P. The van der Waals surface area contributed by atoms with E-state index in [0.29, 0.717) is 0 Å². The van der Waals surface area contributed by atoms with Crippen LogP contribution in [0.4, 0.5) is 0 Å². The van der Waals surface area contributed by atoms with E-state index < -0.39 is 0 Å². The summed E-state index contributed by atoms with van der Waals surface area (Å²) in [6, 6.07) is 27.2. The summed E-state index contributed by atoms with van der Waals surface area (Å²) in [7, 11) is 2.78. The Morgan fingerprint density at radius 2 is 1.24 bits per heavy atom. The third-order valence-corrected chi connectivity index (χ3v) is 3.73. The van der Waals surface area contributed by atoms with Crippen molar-refractivity contribution >= 4 is 14.5 Å². The monoisotopic (exact) mass is 292 g/mol. The second-order valence-electron chi connectivity index (χ2n) is 5.11. The molecule has 0 aliphatic carbocycles. The molecular weight excluding hydrogens is 271 g/mol. The lowest BCUT2D eigenvalue weighted by Gasteiger charge is -2.05. The minimum atomic E-state index is 1.25. The maximum Gasteiger partial charge on any atom is -0.0112 e. The Hall–Kier alpha value is -1.91. The summed E-state index contributed by atoms with van der Waals surface area (Å²) in [6.07, 6.45) is 0. The summed E-state index contributed by atoms with van der Waals surface area (Å²) in [4.78, 5) is 0. The summed E-state index contributed by atoms with van der Waals surface area (Å²) in [6.45, 7) is 4.20. The first-order chi connectivity index (χ1) is 10.2. The van der Waals surface area contributed by atoms with Gasteiger partial charge in [0.2, 0.25) is 0 Å². The average Bonchev–Trinajstić information content (AvgIpc) is 2.49. The predicted molar refractivity (Wildman–Crippen MR) is 97.1 cm³/mol. The summed E-state index contributed by atoms with van der Waals surface area (Å²) < 4.78 is 0. The molecule has 3 aromatic rings. The summed E-state index contributed by atoms with van der Waals surface area (Å²) in [5.41, 5.74) is 5.20. The maximum absolute atomic E-state index is 2.78. The van der Waals surface area contributed by atoms with Crippen molar-refractivity contribution in [2.75, 3.05) is 0 Å². The molecule has 0 amide bonds. The van der Waals surface area contributed by atoms with Gasteiger partial charge in [-0.25, -0.2) is 0 Å². The van der Waals surface area contributed by atoms with E-state index >= 15 is 0 Å². The van der Waals surface area contributed by atoms with Gasteiger partial charge in [0.05, 0.1) is 0 Å². The van der Waals surface area contributed by atoms with Gasteiger partial charge in [0.25, 0.3) is 0 Å². The highest BCUT2D eigenvalue weighted by Crippen LogP contribution is 2.19. The van der Waals surface area contributed by atoms with Gasteiger partial charge in [0.15, 0.2) is 0 Å². The first kappa shape index (κ1) is 15.5. The van der Waals surface area contributed by atoms with Crippen molar-refractivity contribution in [3.8, 4) is 11.1 Å². The number of hydrogen-bond acceptors (Lipinski definition) is 0. The van der Waals surface area contributed by atoms with Crippen LogP contribution in [0.5, 0.6) is 0 Å². The molecule has 0 radical (unpaired) electrons. The van der Waals surface area contributed by atoms with E-state index in [0.717, 1.165) is 0 Å². The fourth-order valence-corrected chi connectivity index (χ4v) is 2.48. The Labute approximate surface area is 130 Å². The highest BCUT2D eigenvalue weighted by atomic mass is 31.0. The molecule has 0 fully saturated rings. The topological polar surface area (TPSA) is 0 Å². The van der Waals surface area contributed by atoms with E-state index in [1.165, 1.54) is 27.6 Å². The molecule has 0 aliphatic rings. The Bertz CT molecular complexity index is 687. The van der Waals surface area contributed by atoms with E-state index in [4.69, 9.17) is 0 Å². The van der Waals surface area contributed by atoms with Crippen molar-refractivity contribution in [1.82, 2.24) is 0 Å². The molecule has 0 aromatic heterocycles. The molecule has 0 saturated carbocycles. The van der Waals surface area contributed by atoms with Crippen LogP contribution in [0, 0.1) is 13.8 Å². The fraction of sp³-hybridized carbons (Fsp3) is 0.100. The van der Waals surface area contributed by atoms with Gasteiger partial charge in [-0.2, -0.15) is 0 Å². The normalized spacial score (nSPS) is 9.67. The molecule has 0 heterocycles. The first-order valence-corrected chi connectivity index (χ1v) is 7.68. The van der Waals surface area contributed by atoms with Gasteiger partial charge in [-0.05, 0) is 30.3 Å². The van der Waals surface area contributed by atoms with Gasteiger partial charge in [0.1, 0.15) is 0 Å². The molecule has 0 nitrogen and oxygen atoms in total. The SMILES string of the molecule is Cc1cccc(-c2ccccc2P)c1.Cc1ccccc1. The number of hydrogen-bond donors (Lipinski definition) is 0. The second-order valence-corrected chi connectivity index (χ2v) is 5.73. The highest BCUT2D eigenvalue weighted by molar-refractivity contribution is 7.28. The van der Waals surface area contributed by atoms with E-state index in [9.17, 15) is 0 Å². The van der Waals surface area contributed by atoms with Crippen LogP contribution < -0.4 is 5.30 Å². The Balaban J connectivity index is 0.000000194. The highest BCUT2D eigenvalue weighted by Gasteiger charge is 1.99. The maximum atomic E-state index is 2.78. The van der Waals surface area contributed by atoms with Crippen LogP contribution in [0.25, 0.3) is 11.1 Å². The van der Waals surface area contributed by atoms with Crippen molar-refractivity contribution in [3.63, 3.8) is 0 Å². The van der Waals surface area contributed by atoms with Crippen LogP contribution in [0.3, 0.4) is 0 Å². The van der Waals surface area contributed by atoms with Gasteiger partial charge in [-0.3, -0.25) is 0 Å². The van der Waals surface area contributed by atoms with Crippen LogP contribution >= 0.6 is 9.24 Å². The van der Waals surface area contributed by atoms with Gasteiger partial charge in [-0.1, -0.05) is 90.0 Å². The van der Waals surface area contributed by atoms with Crippen molar-refractivity contribution in [3.05, 3.63) is 90.0 Å². The van der Waals surface area contributed by atoms with Crippen LogP contribution in [-0.2, 0) is 0 Å². The van der Waals surface area contributed by atoms with Gasteiger partial charge < -0.3 is 0 Å². The molecule has 3 rings (SSSR count). The van der Waals surface area contributed by atoms with Crippen LogP contribution in [0.2, 0.25) is 0 Å². The molecule has 0 aliphatic heterocycles. The van der Waals surface area contributed by atoms with Gasteiger partial charge in [-0.15, -0.1) is 9.24 Å². The summed E-state index contributed by atoms with van der Waals surface area (Å²) in [5.74, 6) is 0. The molecule has 1 heteroatoms. The predicted octanol–water partition coefficient (Wildman–Crippen LogP) is 5.16. The molecule has 0 saturated heterocycles. The molecule has 106 valence electrons. The standard InChI is InChI=1S/C13H13P.C7H8/c1-10-5-4-6-11(9-10)12-7-2-3-8-13(12)14;1-7-5-3-2-4-6-7/h2-9H,14H2,1H3;2-6H,1H3. The molecule has 0 N–H and O–H groups in total. The van der Waals surface area contributed by atoms with Crippen LogP contribution in [-0.4, -0.2) is 0 Å². The molecule has 0 bridgehead atoms. The Morgan fingerprint density at radius 1 is 0.619 bits per heavy atom. The van der Waals surface area contributed by atoms with E-state index in [1.54, 1.807) is 0 Å². The summed E-state index contributed by atoms with van der Waals surface area (Å²) in [5, 5.41) is 1.25. The molecule has 1 unspecified atom stereocenters. The smallest absolute Gasteiger partial charge is 0.0112 e. The zero-order valence-corrected chi connectivity index (χ0v) is 13.7. The zero-order chi connectivity index (χ0) is 15.1. The lowest BCUT2D eigenvalue weighted by molar-refractivity contribution is 1.47. The number of aryl methyl sites for hydroxylation is 2. The van der Waals surface area contributed by atoms with Crippen molar-refractivity contribution in [2.45, 2.75) is 13.8 Å². The van der Waals surface area contributed by atoms with E-state index in [2.05, 4.69) is 83.8 Å². The van der Waals surface area contributed by atoms with Gasteiger partial charge >= 0.3 is 0 Å². The Kier molecular flexibility index (Phi) is 5.72. The van der Waals surface area contributed by atoms with E-state index in [-0.39, 0.29) is 0 Å². The minimum absolute atomic E-state index is 1.25. The molecule has 0 spiro atoms. The fourth-order valence-electron chi connectivity index (χ4n) is 2.11. The third-order valence-electron chi connectivity index (χ3n) is 3.23. The molecule has 3 aromatic carbocycles. The van der Waals surface area contributed by atoms with Crippen molar-refractivity contribution < 1.29 is 0 Å². The summed E-state index contributed by atoms with van der Waals surface area (Å²) >= 11 is 0. The lowest BCUT2D eigenvalue weighted by Crippen LogP contribution is -1.95.